The number of benzene rings is 1. The minimum absolute atomic E-state index is 0.153. The van der Waals surface area contributed by atoms with Gasteiger partial charge in [-0.1, -0.05) is 19.9 Å². The van der Waals surface area contributed by atoms with Crippen LogP contribution in [0.1, 0.15) is 45.2 Å². The first kappa shape index (κ1) is 13.0. The van der Waals surface area contributed by atoms with Gasteiger partial charge in [0.25, 0.3) is 0 Å². The van der Waals surface area contributed by atoms with Gasteiger partial charge in [0.15, 0.2) is 0 Å². The van der Waals surface area contributed by atoms with Crippen molar-refractivity contribution < 1.29 is 9.13 Å². The number of halogens is 1. The lowest BCUT2D eigenvalue weighted by molar-refractivity contribution is 0.192. The largest absolute Gasteiger partial charge is 0.490 e. The van der Waals surface area contributed by atoms with E-state index in [9.17, 15) is 4.39 Å². The summed E-state index contributed by atoms with van der Waals surface area (Å²) < 4.78 is 19.2. The van der Waals surface area contributed by atoms with Crippen LogP contribution in [-0.2, 0) is 0 Å². The van der Waals surface area contributed by atoms with Crippen LogP contribution in [0.4, 0.5) is 4.39 Å². The summed E-state index contributed by atoms with van der Waals surface area (Å²) in [5.74, 6) is 0.286. The number of hydrogen-bond donors (Lipinski definition) is 1. The normalized spacial score (nSPS) is 12.9. The second-order valence-electron chi connectivity index (χ2n) is 4.03. The summed E-state index contributed by atoms with van der Waals surface area (Å²) >= 11 is 0. The summed E-state index contributed by atoms with van der Waals surface area (Å²) in [7, 11) is 0. The molecule has 16 heavy (non-hydrogen) atoms. The molecule has 0 heterocycles. The molecular weight excluding hydrogens is 205 g/mol. The molecule has 2 N–H and O–H groups in total. The van der Waals surface area contributed by atoms with E-state index < -0.39 is 0 Å². The Hall–Kier alpha value is -1.09. The molecule has 1 aromatic carbocycles. The molecule has 0 aliphatic rings. The molecule has 1 atom stereocenters. The van der Waals surface area contributed by atoms with E-state index in [-0.39, 0.29) is 18.0 Å². The molecule has 0 aliphatic carbocycles. The predicted octanol–water partition coefficient (Wildman–Crippen LogP) is 3.41. The lowest BCUT2D eigenvalue weighted by Crippen LogP contribution is -2.14. The smallest absolute Gasteiger partial charge is 0.131 e. The predicted molar refractivity (Wildman–Crippen MR) is 64.0 cm³/mol. The van der Waals surface area contributed by atoms with E-state index in [0.717, 1.165) is 12.8 Å². The van der Waals surface area contributed by atoms with Crippen molar-refractivity contribution in [1.29, 1.82) is 0 Å². The molecule has 1 aromatic rings. The first-order valence-electron chi connectivity index (χ1n) is 5.80. The molecule has 0 aliphatic heterocycles. The maximum atomic E-state index is 13.6. The van der Waals surface area contributed by atoms with Crippen molar-refractivity contribution in [2.75, 3.05) is 0 Å². The maximum Gasteiger partial charge on any atom is 0.131 e. The summed E-state index contributed by atoms with van der Waals surface area (Å²) in [6.07, 6.45) is 2.00. The van der Waals surface area contributed by atoms with Gasteiger partial charge in [0.2, 0.25) is 0 Å². The van der Waals surface area contributed by atoms with Gasteiger partial charge < -0.3 is 10.5 Å². The molecule has 0 radical (unpaired) electrons. The fourth-order valence-electron chi connectivity index (χ4n) is 1.60. The van der Waals surface area contributed by atoms with Crippen LogP contribution >= 0.6 is 0 Å². The minimum atomic E-state index is -0.293. The topological polar surface area (TPSA) is 35.2 Å². The summed E-state index contributed by atoms with van der Waals surface area (Å²) in [6, 6.07) is 4.59. The van der Waals surface area contributed by atoms with Gasteiger partial charge in [-0.2, -0.15) is 0 Å². The molecule has 1 unspecified atom stereocenters. The Morgan fingerprint density at radius 2 is 1.94 bits per heavy atom. The molecule has 3 heteroatoms. The second kappa shape index (κ2) is 5.85. The number of rotatable bonds is 5. The van der Waals surface area contributed by atoms with Crippen molar-refractivity contribution in [3.05, 3.63) is 29.6 Å². The van der Waals surface area contributed by atoms with Gasteiger partial charge in [0, 0.05) is 17.7 Å². The fourth-order valence-corrected chi connectivity index (χ4v) is 1.60. The van der Waals surface area contributed by atoms with Gasteiger partial charge in [0.05, 0.1) is 6.10 Å². The van der Waals surface area contributed by atoms with E-state index in [1.165, 1.54) is 6.07 Å². The summed E-state index contributed by atoms with van der Waals surface area (Å²) in [4.78, 5) is 0. The van der Waals surface area contributed by atoms with E-state index in [1.807, 2.05) is 0 Å². The third-order valence-electron chi connectivity index (χ3n) is 2.68. The van der Waals surface area contributed by atoms with E-state index in [2.05, 4.69) is 13.8 Å². The van der Waals surface area contributed by atoms with Gasteiger partial charge >= 0.3 is 0 Å². The van der Waals surface area contributed by atoms with Crippen LogP contribution in [-0.4, -0.2) is 6.10 Å². The van der Waals surface area contributed by atoms with Crippen molar-refractivity contribution in [1.82, 2.24) is 0 Å². The molecular formula is C13H20FNO. The minimum Gasteiger partial charge on any atom is -0.490 e. The van der Waals surface area contributed by atoms with Crippen LogP contribution in [0.5, 0.6) is 5.75 Å². The molecule has 1 rings (SSSR count). The Balaban J connectivity index is 2.80. The van der Waals surface area contributed by atoms with Gasteiger partial charge in [0.1, 0.15) is 11.6 Å². The van der Waals surface area contributed by atoms with Gasteiger partial charge in [-0.3, -0.25) is 0 Å². The highest BCUT2D eigenvalue weighted by atomic mass is 19.1. The quantitative estimate of drug-likeness (QED) is 0.833. The highest BCUT2D eigenvalue weighted by Crippen LogP contribution is 2.22. The third kappa shape index (κ3) is 3.20. The fraction of sp³-hybridized carbons (Fsp3) is 0.538. The summed E-state index contributed by atoms with van der Waals surface area (Å²) in [5.41, 5.74) is 6.16. The standard InChI is InChI=1S/C13H20FNO/c1-4-10(5-2)16-11-6-7-12(9(3)15)13(14)8-11/h6-10H,4-5,15H2,1-3H3. The highest BCUT2D eigenvalue weighted by molar-refractivity contribution is 5.30. The van der Waals surface area contributed by atoms with Gasteiger partial charge in [-0.25, -0.2) is 4.39 Å². The Kier molecular flexibility index (Phi) is 4.74. The molecule has 0 saturated carbocycles. The first-order chi connectivity index (χ1) is 7.58. The van der Waals surface area contributed by atoms with Crippen LogP contribution in [0.2, 0.25) is 0 Å². The molecule has 0 spiro atoms. The number of ether oxygens (including phenoxy) is 1. The monoisotopic (exact) mass is 225 g/mol. The zero-order chi connectivity index (χ0) is 12.1. The Morgan fingerprint density at radius 3 is 2.38 bits per heavy atom. The average Bonchev–Trinajstić information content (AvgIpc) is 2.25. The van der Waals surface area contributed by atoms with Crippen molar-refractivity contribution in [2.45, 2.75) is 45.8 Å². The second-order valence-corrected chi connectivity index (χ2v) is 4.03. The van der Waals surface area contributed by atoms with Gasteiger partial charge in [-0.05, 0) is 25.8 Å². The lowest BCUT2D eigenvalue weighted by atomic mass is 10.1. The zero-order valence-electron chi connectivity index (χ0n) is 10.2. The zero-order valence-corrected chi connectivity index (χ0v) is 10.2. The van der Waals surface area contributed by atoms with Crippen molar-refractivity contribution in [3.63, 3.8) is 0 Å². The van der Waals surface area contributed by atoms with E-state index in [0.29, 0.717) is 11.3 Å². The van der Waals surface area contributed by atoms with Crippen LogP contribution in [0.25, 0.3) is 0 Å². The molecule has 0 amide bonds. The average molecular weight is 225 g/mol. The van der Waals surface area contributed by atoms with Crippen LogP contribution in [0.3, 0.4) is 0 Å². The lowest BCUT2D eigenvalue weighted by Gasteiger charge is -2.16. The highest BCUT2D eigenvalue weighted by Gasteiger charge is 2.10. The first-order valence-corrected chi connectivity index (χ1v) is 5.80. The molecule has 0 saturated heterocycles. The molecule has 0 aromatic heterocycles. The maximum absolute atomic E-state index is 13.6. The summed E-state index contributed by atoms with van der Waals surface area (Å²) in [5, 5.41) is 0. The third-order valence-corrected chi connectivity index (χ3v) is 2.68. The number of nitrogens with two attached hydrogens (primary N) is 1. The van der Waals surface area contributed by atoms with E-state index >= 15 is 0 Å². The van der Waals surface area contributed by atoms with Crippen LogP contribution in [0.15, 0.2) is 18.2 Å². The van der Waals surface area contributed by atoms with E-state index in [4.69, 9.17) is 10.5 Å². The molecule has 2 nitrogen and oxygen atoms in total. The molecule has 90 valence electrons. The SMILES string of the molecule is CCC(CC)Oc1ccc(C(C)N)c(F)c1. The van der Waals surface area contributed by atoms with Crippen LogP contribution < -0.4 is 10.5 Å². The Morgan fingerprint density at radius 1 is 1.31 bits per heavy atom. The summed E-state index contributed by atoms with van der Waals surface area (Å²) in [6.45, 7) is 5.88. The Labute approximate surface area is 96.6 Å². The van der Waals surface area contributed by atoms with Crippen molar-refractivity contribution in [2.24, 2.45) is 5.73 Å². The van der Waals surface area contributed by atoms with E-state index in [1.54, 1.807) is 19.1 Å². The van der Waals surface area contributed by atoms with Crippen molar-refractivity contribution >= 4 is 0 Å². The van der Waals surface area contributed by atoms with Gasteiger partial charge in [-0.15, -0.1) is 0 Å². The number of hydrogen-bond acceptors (Lipinski definition) is 2. The van der Waals surface area contributed by atoms with Crippen LogP contribution in [0, 0.1) is 5.82 Å². The molecule has 0 bridgehead atoms. The van der Waals surface area contributed by atoms with Crippen molar-refractivity contribution in [3.8, 4) is 5.75 Å². The molecule has 0 fully saturated rings. The Bertz CT molecular complexity index is 335.